The number of nitriles is 1. The molecule has 0 amide bonds. The third kappa shape index (κ3) is 2.48. The molecule has 0 unspecified atom stereocenters. The maximum Gasteiger partial charge on any atom is 0.146 e. The summed E-state index contributed by atoms with van der Waals surface area (Å²) in [5.41, 5.74) is 1.66. The van der Waals surface area contributed by atoms with Crippen LogP contribution in [-0.4, -0.2) is 21.8 Å². The van der Waals surface area contributed by atoms with Crippen LogP contribution in [0.4, 0.5) is 5.69 Å². The van der Waals surface area contributed by atoms with Crippen LogP contribution in [0.25, 0.3) is 0 Å². The third-order valence-corrected chi connectivity index (χ3v) is 2.79. The summed E-state index contributed by atoms with van der Waals surface area (Å²) in [5, 5.41) is 13.0. The van der Waals surface area contributed by atoms with Gasteiger partial charge in [0.05, 0.1) is 18.2 Å². The monoisotopic (exact) mass is 241 g/mol. The molecule has 1 aromatic carbocycles. The fourth-order valence-electron chi connectivity index (χ4n) is 1.79. The Hall–Kier alpha value is -2.35. The number of rotatable bonds is 4. The fourth-order valence-corrected chi connectivity index (χ4v) is 1.79. The lowest BCUT2D eigenvalue weighted by Crippen LogP contribution is -2.20. The molecule has 0 saturated heterocycles. The Morgan fingerprint density at radius 2 is 2.28 bits per heavy atom. The number of benzene rings is 1. The SMILES string of the molecule is CCn1ncnc1CN(C)c1cccc(C#N)c1. The van der Waals surface area contributed by atoms with Crippen LogP contribution >= 0.6 is 0 Å². The quantitative estimate of drug-likeness (QED) is 0.819. The summed E-state index contributed by atoms with van der Waals surface area (Å²) in [5.74, 6) is 0.919. The van der Waals surface area contributed by atoms with Gasteiger partial charge < -0.3 is 4.90 Å². The molecule has 0 aliphatic carbocycles. The summed E-state index contributed by atoms with van der Waals surface area (Å²) in [6, 6.07) is 9.67. The maximum absolute atomic E-state index is 8.89. The van der Waals surface area contributed by atoms with Crippen LogP contribution in [0.5, 0.6) is 0 Å². The molecule has 0 spiro atoms. The Kier molecular flexibility index (Phi) is 3.58. The first kappa shape index (κ1) is 12.1. The van der Waals surface area contributed by atoms with E-state index in [1.54, 1.807) is 12.4 Å². The van der Waals surface area contributed by atoms with Gasteiger partial charge in [-0.3, -0.25) is 0 Å². The number of anilines is 1. The van der Waals surface area contributed by atoms with E-state index >= 15 is 0 Å². The van der Waals surface area contributed by atoms with Crippen molar-refractivity contribution in [1.82, 2.24) is 14.8 Å². The number of hydrogen-bond acceptors (Lipinski definition) is 4. The van der Waals surface area contributed by atoms with Gasteiger partial charge in [-0.2, -0.15) is 10.4 Å². The Balaban J connectivity index is 2.17. The summed E-state index contributed by atoms with van der Waals surface area (Å²) in [6.07, 6.45) is 1.57. The molecule has 1 heterocycles. The van der Waals surface area contributed by atoms with Crippen molar-refractivity contribution in [2.75, 3.05) is 11.9 Å². The summed E-state index contributed by atoms with van der Waals surface area (Å²) < 4.78 is 1.87. The highest BCUT2D eigenvalue weighted by Gasteiger charge is 2.07. The Morgan fingerprint density at radius 1 is 1.44 bits per heavy atom. The van der Waals surface area contributed by atoms with Crippen molar-refractivity contribution in [3.63, 3.8) is 0 Å². The molecule has 0 bridgehead atoms. The van der Waals surface area contributed by atoms with Crippen molar-refractivity contribution in [2.24, 2.45) is 0 Å². The third-order valence-electron chi connectivity index (χ3n) is 2.79. The summed E-state index contributed by atoms with van der Waals surface area (Å²) in [6.45, 7) is 3.51. The molecule has 2 rings (SSSR count). The van der Waals surface area contributed by atoms with Crippen LogP contribution in [0.15, 0.2) is 30.6 Å². The molecule has 92 valence electrons. The lowest BCUT2D eigenvalue weighted by atomic mass is 10.2. The molecule has 0 N–H and O–H groups in total. The first-order valence-electron chi connectivity index (χ1n) is 5.82. The first-order valence-corrected chi connectivity index (χ1v) is 5.82. The van der Waals surface area contributed by atoms with Gasteiger partial charge in [-0.1, -0.05) is 6.07 Å². The van der Waals surface area contributed by atoms with Gasteiger partial charge in [-0.05, 0) is 25.1 Å². The molecule has 18 heavy (non-hydrogen) atoms. The van der Waals surface area contributed by atoms with Gasteiger partial charge >= 0.3 is 0 Å². The van der Waals surface area contributed by atoms with Gasteiger partial charge in [0.1, 0.15) is 12.2 Å². The molecular weight excluding hydrogens is 226 g/mol. The van der Waals surface area contributed by atoms with Crippen molar-refractivity contribution in [3.8, 4) is 6.07 Å². The van der Waals surface area contributed by atoms with Crippen molar-refractivity contribution in [3.05, 3.63) is 42.0 Å². The van der Waals surface area contributed by atoms with E-state index in [9.17, 15) is 0 Å². The lowest BCUT2D eigenvalue weighted by molar-refractivity contribution is 0.610. The largest absolute Gasteiger partial charge is 0.367 e. The Morgan fingerprint density at radius 3 is 3.00 bits per heavy atom. The second kappa shape index (κ2) is 5.32. The second-order valence-electron chi connectivity index (χ2n) is 4.01. The van der Waals surface area contributed by atoms with E-state index in [2.05, 4.69) is 21.1 Å². The minimum atomic E-state index is 0.663. The van der Waals surface area contributed by atoms with Crippen LogP contribution in [0.2, 0.25) is 0 Å². The van der Waals surface area contributed by atoms with E-state index in [1.807, 2.05) is 36.9 Å². The van der Waals surface area contributed by atoms with E-state index in [0.717, 1.165) is 18.1 Å². The van der Waals surface area contributed by atoms with Crippen molar-refractivity contribution < 1.29 is 0 Å². The Labute approximate surface area is 106 Å². The van der Waals surface area contributed by atoms with Crippen LogP contribution in [-0.2, 0) is 13.1 Å². The molecule has 5 heteroatoms. The first-order chi connectivity index (χ1) is 8.74. The molecule has 1 aromatic heterocycles. The summed E-state index contributed by atoms with van der Waals surface area (Å²) in [7, 11) is 1.98. The topological polar surface area (TPSA) is 57.7 Å². The molecule has 0 fully saturated rings. The maximum atomic E-state index is 8.89. The van der Waals surface area contributed by atoms with E-state index in [4.69, 9.17) is 5.26 Å². The van der Waals surface area contributed by atoms with Gasteiger partial charge in [-0.15, -0.1) is 0 Å². The summed E-state index contributed by atoms with van der Waals surface area (Å²) in [4.78, 5) is 6.29. The number of hydrogen-bond donors (Lipinski definition) is 0. The number of aromatic nitrogens is 3. The molecule has 0 saturated carbocycles. The minimum absolute atomic E-state index is 0.663. The smallest absolute Gasteiger partial charge is 0.146 e. The highest BCUT2D eigenvalue weighted by molar-refractivity contribution is 5.50. The second-order valence-corrected chi connectivity index (χ2v) is 4.01. The Bertz CT molecular complexity index is 567. The highest BCUT2D eigenvalue weighted by atomic mass is 15.3. The van der Waals surface area contributed by atoms with E-state index in [0.29, 0.717) is 12.1 Å². The molecule has 2 aromatic rings. The van der Waals surface area contributed by atoms with Crippen LogP contribution in [0.3, 0.4) is 0 Å². The average molecular weight is 241 g/mol. The highest BCUT2D eigenvalue weighted by Crippen LogP contribution is 2.16. The molecule has 0 radical (unpaired) electrons. The zero-order valence-electron chi connectivity index (χ0n) is 10.5. The van der Waals surface area contributed by atoms with E-state index < -0.39 is 0 Å². The van der Waals surface area contributed by atoms with Crippen molar-refractivity contribution in [2.45, 2.75) is 20.0 Å². The molecule has 0 aliphatic heterocycles. The van der Waals surface area contributed by atoms with E-state index in [-0.39, 0.29) is 0 Å². The van der Waals surface area contributed by atoms with Gasteiger partial charge in [0, 0.05) is 19.3 Å². The van der Waals surface area contributed by atoms with Crippen molar-refractivity contribution in [1.29, 1.82) is 5.26 Å². The molecule has 0 aliphatic rings. The van der Waals surface area contributed by atoms with Crippen LogP contribution in [0.1, 0.15) is 18.3 Å². The minimum Gasteiger partial charge on any atom is -0.367 e. The number of nitrogens with zero attached hydrogens (tertiary/aromatic N) is 5. The lowest BCUT2D eigenvalue weighted by Gasteiger charge is -2.19. The predicted octanol–water partition coefficient (Wildman–Crippen LogP) is 1.81. The molecule has 0 atom stereocenters. The fraction of sp³-hybridized carbons (Fsp3) is 0.308. The normalized spacial score (nSPS) is 10.1. The van der Waals surface area contributed by atoms with E-state index in [1.165, 1.54) is 0 Å². The van der Waals surface area contributed by atoms with Gasteiger partial charge in [-0.25, -0.2) is 9.67 Å². The van der Waals surface area contributed by atoms with Crippen molar-refractivity contribution >= 4 is 5.69 Å². The van der Waals surface area contributed by atoms with Crippen LogP contribution < -0.4 is 4.90 Å². The van der Waals surface area contributed by atoms with Gasteiger partial charge in [0.25, 0.3) is 0 Å². The van der Waals surface area contributed by atoms with Gasteiger partial charge in [0.2, 0.25) is 0 Å². The zero-order valence-corrected chi connectivity index (χ0v) is 10.5. The van der Waals surface area contributed by atoms with Gasteiger partial charge in [0.15, 0.2) is 0 Å². The summed E-state index contributed by atoms with van der Waals surface area (Å²) >= 11 is 0. The average Bonchev–Trinajstić information content (AvgIpc) is 2.86. The molecular formula is C13H15N5. The number of aryl methyl sites for hydroxylation is 1. The molecule has 5 nitrogen and oxygen atoms in total. The van der Waals surface area contributed by atoms with Crippen LogP contribution in [0, 0.1) is 11.3 Å². The standard InChI is InChI=1S/C13H15N5/c1-3-18-13(15-10-16-18)9-17(2)12-6-4-5-11(7-12)8-14/h4-7,10H,3,9H2,1-2H3. The zero-order chi connectivity index (χ0) is 13.0. The predicted molar refractivity (Wildman–Crippen MR) is 69.0 cm³/mol.